The molecule has 1 atom stereocenters. The summed E-state index contributed by atoms with van der Waals surface area (Å²) in [7, 11) is 0. The van der Waals surface area contributed by atoms with Crippen molar-refractivity contribution in [1.82, 2.24) is 4.90 Å². The highest BCUT2D eigenvalue weighted by molar-refractivity contribution is 8.16. The molecule has 0 fully saturated rings. The molecule has 11 heavy (non-hydrogen) atoms. The van der Waals surface area contributed by atoms with Crippen molar-refractivity contribution >= 4 is 16.9 Å². The van der Waals surface area contributed by atoms with Gasteiger partial charge in [-0.05, 0) is 11.8 Å². The maximum atomic E-state index is 4.41. The molecule has 0 aromatic carbocycles. The Kier molecular flexibility index (Phi) is 1.90. The van der Waals surface area contributed by atoms with Crippen molar-refractivity contribution in [2.75, 3.05) is 13.1 Å². The third-order valence-electron chi connectivity index (χ3n) is 2.13. The molecule has 0 bridgehead atoms. The molecule has 0 saturated carbocycles. The predicted molar refractivity (Wildman–Crippen MR) is 49.8 cm³/mol. The van der Waals surface area contributed by atoms with Crippen LogP contribution in [0, 0.1) is 0 Å². The molecule has 0 radical (unpaired) electrons. The SMILES string of the molecule is CCC1C=CSC2=NCCN21. The summed E-state index contributed by atoms with van der Waals surface area (Å²) in [5, 5.41) is 3.38. The first-order valence-corrected chi connectivity index (χ1v) is 4.94. The third kappa shape index (κ3) is 1.18. The van der Waals surface area contributed by atoms with E-state index in [4.69, 9.17) is 0 Å². The second-order valence-electron chi connectivity index (χ2n) is 2.78. The van der Waals surface area contributed by atoms with E-state index in [1.807, 2.05) is 0 Å². The van der Waals surface area contributed by atoms with E-state index < -0.39 is 0 Å². The average molecular weight is 168 g/mol. The fraction of sp³-hybridized carbons (Fsp3) is 0.625. The Morgan fingerprint density at radius 2 is 2.73 bits per heavy atom. The van der Waals surface area contributed by atoms with Gasteiger partial charge in [0, 0.05) is 12.6 Å². The van der Waals surface area contributed by atoms with Crippen LogP contribution in [0.3, 0.4) is 0 Å². The van der Waals surface area contributed by atoms with Crippen LogP contribution in [-0.2, 0) is 0 Å². The zero-order valence-corrected chi connectivity index (χ0v) is 7.47. The molecule has 1 unspecified atom stereocenters. The first kappa shape index (κ1) is 7.22. The molecular weight excluding hydrogens is 156 g/mol. The predicted octanol–water partition coefficient (Wildman–Crippen LogP) is 1.70. The first-order valence-electron chi connectivity index (χ1n) is 4.06. The number of rotatable bonds is 1. The fourth-order valence-electron chi connectivity index (χ4n) is 1.50. The van der Waals surface area contributed by atoms with Crippen LogP contribution in [0.4, 0.5) is 0 Å². The standard InChI is InChI=1S/C8H12N2S/c1-2-7-3-6-11-8-9-4-5-10(7)8/h3,6-7H,2,4-5H2,1H3. The highest BCUT2D eigenvalue weighted by Gasteiger charge is 2.24. The number of hydrogen-bond acceptors (Lipinski definition) is 3. The lowest BCUT2D eigenvalue weighted by Gasteiger charge is -2.29. The van der Waals surface area contributed by atoms with Crippen molar-refractivity contribution in [1.29, 1.82) is 0 Å². The van der Waals surface area contributed by atoms with E-state index >= 15 is 0 Å². The number of nitrogens with zero attached hydrogens (tertiary/aromatic N) is 2. The van der Waals surface area contributed by atoms with E-state index in [0.29, 0.717) is 6.04 Å². The van der Waals surface area contributed by atoms with Gasteiger partial charge in [0.2, 0.25) is 0 Å². The molecule has 0 amide bonds. The van der Waals surface area contributed by atoms with Gasteiger partial charge >= 0.3 is 0 Å². The minimum Gasteiger partial charge on any atom is -0.343 e. The van der Waals surface area contributed by atoms with Crippen molar-refractivity contribution in [2.24, 2.45) is 4.99 Å². The molecule has 0 N–H and O–H groups in total. The van der Waals surface area contributed by atoms with E-state index in [2.05, 4.69) is 28.3 Å². The van der Waals surface area contributed by atoms with Gasteiger partial charge in [-0.2, -0.15) is 0 Å². The Labute approximate surface area is 71.4 Å². The zero-order chi connectivity index (χ0) is 7.68. The van der Waals surface area contributed by atoms with E-state index in [-0.39, 0.29) is 0 Å². The molecular formula is C8H12N2S. The van der Waals surface area contributed by atoms with E-state index in [9.17, 15) is 0 Å². The largest absolute Gasteiger partial charge is 0.343 e. The Morgan fingerprint density at radius 1 is 1.82 bits per heavy atom. The Morgan fingerprint density at radius 3 is 3.55 bits per heavy atom. The smallest absolute Gasteiger partial charge is 0.164 e. The topological polar surface area (TPSA) is 15.6 Å². The number of thioether (sulfide) groups is 1. The highest BCUT2D eigenvalue weighted by Crippen LogP contribution is 2.25. The molecule has 60 valence electrons. The van der Waals surface area contributed by atoms with Crippen molar-refractivity contribution in [3.8, 4) is 0 Å². The van der Waals surface area contributed by atoms with Gasteiger partial charge in [0.25, 0.3) is 0 Å². The molecule has 2 heterocycles. The summed E-state index contributed by atoms with van der Waals surface area (Å²) in [5.41, 5.74) is 0. The summed E-state index contributed by atoms with van der Waals surface area (Å²) < 4.78 is 0. The minimum atomic E-state index is 0.609. The van der Waals surface area contributed by atoms with Crippen LogP contribution in [0.2, 0.25) is 0 Å². The molecule has 2 aliphatic rings. The van der Waals surface area contributed by atoms with Crippen LogP contribution >= 0.6 is 11.8 Å². The van der Waals surface area contributed by atoms with Crippen LogP contribution in [-0.4, -0.2) is 29.2 Å². The van der Waals surface area contributed by atoms with Crippen LogP contribution in [0.25, 0.3) is 0 Å². The van der Waals surface area contributed by atoms with Crippen molar-refractivity contribution in [3.63, 3.8) is 0 Å². The van der Waals surface area contributed by atoms with Crippen LogP contribution in [0.1, 0.15) is 13.3 Å². The second-order valence-corrected chi connectivity index (χ2v) is 3.65. The van der Waals surface area contributed by atoms with Gasteiger partial charge in [-0.25, -0.2) is 0 Å². The van der Waals surface area contributed by atoms with Crippen LogP contribution in [0.5, 0.6) is 0 Å². The lowest BCUT2D eigenvalue weighted by Crippen LogP contribution is -2.36. The summed E-state index contributed by atoms with van der Waals surface area (Å²) >= 11 is 1.75. The summed E-state index contributed by atoms with van der Waals surface area (Å²) in [6, 6.07) is 0.609. The number of fused-ring (bicyclic) bond motifs is 1. The average Bonchev–Trinajstić information content (AvgIpc) is 2.50. The molecule has 0 saturated heterocycles. The quantitative estimate of drug-likeness (QED) is 0.592. The van der Waals surface area contributed by atoms with Crippen molar-refractivity contribution in [2.45, 2.75) is 19.4 Å². The Balaban J connectivity index is 2.18. The van der Waals surface area contributed by atoms with Crippen LogP contribution < -0.4 is 0 Å². The minimum absolute atomic E-state index is 0.609. The summed E-state index contributed by atoms with van der Waals surface area (Å²) in [6.45, 7) is 4.33. The van der Waals surface area contributed by atoms with Gasteiger partial charge in [-0.1, -0.05) is 24.8 Å². The Hall–Kier alpha value is -0.440. The number of hydrogen-bond donors (Lipinski definition) is 0. The molecule has 0 spiro atoms. The highest BCUT2D eigenvalue weighted by atomic mass is 32.2. The summed E-state index contributed by atoms with van der Waals surface area (Å²) in [6.07, 6.45) is 3.46. The number of aliphatic imine (C=N–C) groups is 1. The maximum absolute atomic E-state index is 4.41. The van der Waals surface area contributed by atoms with Gasteiger partial charge < -0.3 is 4.90 Å². The summed E-state index contributed by atoms with van der Waals surface area (Å²) in [5.74, 6) is 0. The zero-order valence-electron chi connectivity index (χ0n) is 6.66. The Bertz CT molecular complexity index is 210. The normalized spacial score (nSPS) is 28.6. The first-order chi connectivity index (χ1) is 5.42. The van der Waals surface area contributed by atoms with Gasteiger partial charge in [0.1, 0.15) is 0 Å². The molecule has 2 aliphatic heterocycles. The lowest BCUT2D eigenvalue weighted by atomic mass is 10.2. The molecule has 3 heteroatoms. The van der Waals surface area contributed by atoms with E-state index in [1.165, 1.54) is 11.6 Å². The van der Waals surface area contributed by atoms with Crippen molar-refractivity contribution < 1.29 is 0 Å². The summed E-state index contributed by atoms with van der Waals surface area (Å²) in [4.78, 5) is 6.80. The van der Waals surface area contributed by atoms with E-state index in [0.717, 1.165) is 13.1 Å². The third-order valence-corrected chi connectivity index (χ3v) is 2.99. The van der Waals surface area contributed by atoms with Gasteiger partial charge in [-0.3, -0.25) is 4.99 Å². The fourth-order valence-corrected chi connectivity index (χ4v) is 2.41. The van der Waals surface area contributed by atoms with Crippen molar-refractivity contribution in [3.05, 3.63) is 11.5 Å². The lowest BCUT2D eigenvalue weighted by molar-refractivity contribution is 0.385. The monoisotopic (exact) mass is 168 g/mol. The second kappa shape index (κ2) is 2.89. The van der Waals surface area contributed by atoms with Gasteiger partial charge in [0.15, 0.2) is 5.17 Å². The molecule has 2 nitrogen and oxygen atoms in total. The molecule has 2 rings (SSSR count). The molecule has 0 aliphatic carbocycles. The molecule has 0 aromatic rings. The molecule has 0 aromatic heterocycles. The van der Waals surface area contributed by atoms with Gasteiger partial charge in [-0.15, -0.1) is 0 Å². The van der Waals surface area contributed by atoms with Crippen LogP contribution in [0.15, 0.2) is 16.5 Å². The van der Waals surface area contributed by atoms with Gasteiger partial charge in [0.05, 0.1) is 6.54 Å². The maximum Gasteiger partial charge on any atom is 0.164 e. The van der Waals surface area contributed by atoms with E-state index in [1.54, 1.807) is 11.8 Å². The number of amidine groups is 1.